The molecule has 1 atom stereocenters. The third-order valence-corrected chi connectivity index (χ3v) is 7.46. The average molecular weight is 361 g/mol. The number of rotatable bonds is 2. The van der Waals surface area contributed by atoms with E-state index in [9.17, 15) is 8.42 Å². The van der Waals surface area contributed by atoms with Crippen LogP contribution in [0.4, 0.5) is 0 Å². The zero-order chi connectivity index (χ0) is 13.6. The van der Waals surface area contributed by atoms with Crippen molar-refractivity contribution >= 4 is 37.3 Å². The second-order valence-electron chi connectivity index (χ2n) is 4.48. The Morgan fingerprint density at radius 2 is 2.11 bits per heavy atom. The van der Waals surface area contributed by atoms with Crippen molar-refractivity contribution in [2.45, 2.75) is 23.7 Å². The molecule has 4 nitrogen and oxygen atoms in total. The van der Waals surface area contributed by atoms with Gasteiger partial charge in [-0.15, -0.1) is 11.3 Å². The Balaban J connectivity index is 2.00. The molecule has 0 radical (unpaired) electrons. The van der Waals surface area contributed by atoms with Gasteiger partial charge in [-0.2, -0.15) is 4.31 Å². The van der Waals surface area contributed by atoms with E-state index in [1.807, 2.05) is 25.3 Å². The van der Waals surface area contributed by atoms with E-state index in [0.717, 1.165) is 9.48 Å². The molecule has 3 heterocycles. The van der Waals surface area contributed by atoms with Gasteiger partial charge in [-0.25, -0.2) is 8.42 Å². The third kappa shape index (κ3) is 2.18. The molecule has 19 heavy (non-hydrogen) atoms. The smallest absolute Gasteiger partial charge is 0.253 e. The first kappa shape index (κ1) is 13.4. The lowest BCUT2D eigenvalue weighted by Crippen LogP contribution is -2.40. The lowest BCUT2D eigenvalue weighted by Gasteiger charge is -2.33. The molecule has 0 fully saturated rings. The van der Waals surface area contributed by atoms with E-state index >= 15 is 0 Å². The van der Waals surface area contributed by atoms with Crippen LogP contribution in [0.2, 0.25) is 0 Å². The van der Waals surface area contributed by atoms with Gasteiger partial charge in [0.05, 0.1) is 9.83 Å². The molecule has 0 saturated carbocycles. The van der Waals surface area contributed by atoms with Gasteiger partial charge < -0.3 is 4.57 Å². The van der Waals surface area contributed by atoms with E-state index in [4.69, 9.17) is 0 Å². The van der Waals surface area contributed by atoms with E-state index in [1.165, 1.54) is 11.3 Å². The average Bonchev–Trinajstić information content (AvgIpc) is 2.97. The molecule has 2 aromatic rings. The zero-order valence-corrected chi connectivity index (χ0v) is 13.5. The van der Waals surface area contributed by atoms with Gasteiger partial charge in [-0.3, -0.25) is 0 Å². The summed E-state index contributed by atoms with van der Waals surface area (Å²) in [5.74, 6) is 0. The van der Waals surface area contributed by atoms with Crippen LogP contribution in [0.25, 0.3) is 0 Å². The highest BCUT2D eigenvalue weighted by atomic mass is 79.9. The molecule has 102 valence electrons. The SMILES string of the molecule is C[C@@H]1c2cccn2CCN1S(=O)(=O)c1ccc(Br)s1. The summed E-state index contributed by atoms with van der Waals surface area (Å²) in [4.78, 5) is 0. The summed E-state index contributed by atoms with van der Waals surface area (Å²) in [6, 6.07) is 7.24. The normalized spacial score (nSPS) is 20.4. The summed E-state index contributed by atoms with van der Waals surface area (Å²) in [6.07, 6.45) is 2.00. The number of hydrogen-bond donors (Lipinski definition) is 0. The molecule has 0 aliphatic carbocycles. The van der Waals surface area contributed by atoms with Gasteiger partial charge in [0.1, 0.15) is 4.21 Å². The molecule has 0 saturated heterocycles. The van der Waals surface area contributed by atoms with E-state index in [-0.39, 0.29) is 6.04 Å². The summed E-state index contributed by atoms with van der Waals surface area (Å²) in [5.41, 5.74) is 1.05. The fraction of sp³-hybridized carbons (Fsp3) is 0.333. The van der Waals surface area contributed by atoms with Crippen LogP contribution in [-0.4, -0.2) is 23.8 Å². The molecular weight excluding hydrogens is 348 g/mol. The Bertz CT molecular complexity index is 705. The Morgan fingerprint density at radius 3 is 2.79 bits per heavy atom. The van der Waals surface area contributed by atoms with Crippen LogP contribution in [0, 0.1) is 0 Å². The van der Waals surface area contributed by atoms with Crippen LogP contribution >= 0.6 is 27.3 Å². The Morgan fingerprint density at radius 1 is 1.32 bits per heavy atom. The zero-order valence-electron chi connectivity index (χ0n) is 10.3. The van der Waals surface area contributed by atoms with Gasteiger partial charge >= 0.3 is 0 Å². The maximum atomic E-state index is 12.6. The number of fused-ring (bicyclic) bond motifs is 1. The van der Waals surface area contributed by atoms with E-state index in [2.05, 4.69) is 20.5 Å². The molecule has 0 N–H and O–H groups in total. The van der Waals surface area contributed by atoms with Crippen molar-refractivity contribution < 1.29 is 8.42 Å². The predicted octanol–water partition coefficient (Wildman–Crippen LogP) is 3.08. The molecule has 0 amide bonds. The molecule has 1 aliphatic heterocycles. The summed E-state index contributed by atoms with van der Waals surface area (Å²) in [7, 11) is -3.40. The van der Waals surface area contributed by atoms with Gasteiger partial charge in [-0.05, 0) is 47.1 Å². The molecule has 7 heteroatoms. The minimum Gasteiger partial charge on any atom is -0.349 e. The van der Waals surface area contributed by atoms with Gasteiger partial charge in [0, 0.05) is 25.0 Å². The minimum absolute atomic E-state index is 0.130. The fourth-order valence-electron chi connectivity index (χ4n) is 2.44. The van der Waals surface area contributed by atoms with Crippen molar-refractivity contribution in [2.24, 2.45) is 0 Å². The number of hydrogen-bond acceptors (Lipinski definition) is 3. The summed E-state index contributed by atoms with van der Waals surface area (Å²) in [6.45, 7) is 3.16. The van der Waals surface area contributed by atoms with E-state index in [1.54, 1.807) is 16.4 Å². The van der Waals surface area contributed by atoms with E-state index < -0.39 is 10.0 Å². The number of halogens is 1. The lowest BCUT2D eigenvalue weighted by molar-refractivity contribution is 0.283. The van der Waals surface area contributed by atoms with Crippen LogP contribution in [0.5, 0.6) is 0 Å². The molecule has 3 rings (SSSR count). The monoisotopic (exact) mass is 360 g/mol. The van der Waals surface area contributed by atoms with Gasteiger partial charge in [0.2, 0.25) is 0 Å². The topological polar surface area (TPSA) is 42.3 Å². The molecule has 0 unspecified atom stereocenters. The quantitative estimate of drug-likeness (QED) is 0.825. The summed E-state index contributed by atoms with van der Waals surface area (Å²) in [5, 5.41) is 0. The Hall–Kier alpha value is -0.630. The molecule has 1 aliphatic rings. The van der Waals surface area contributed by atoms with Crippen LogP contribution in [0.3, 0.4) is 0 Å². The first-order chi connectivity index (χ1) is 9.00. The molecule has 2 aromatic heterocycles. The van der Waals surface area contributed by atoms with Crippen molar-refractivity contribution in [1.82, 2.24) is 8.87 Å². The van der Waals surface area contributed by atoms with Crippen molar-refractivity contribution in [3.05, 3.63) is 39.9 Å². The van der Waals surface area contributed by atoms with Crippen LogP contribution in [-0.2, 0) is 16.6 Å². The van der Waals surface area contributed by atoms with Gasteiger partial charge in [-0.1, -0.05) is 0 Å². The molecule has 0 aromatic carbocycles. The molecule has 0 spiro atoms. The van der Waals surface area contributed by atoms with Crippen molar-refractivity contribution in [3.63, 3.8) is 0 Å². The molecular formula is C12H13BrN2O2S2. The first-order valence-corrected chi connectivity index (χ1v) is 8.97. The summed E-state index contributed by atoms with van der Waals surface area (Å²) < 4.78 is 30.2. The highest BCUT2D eigenvalue weighted by Crippen LogP contribution is 2.34. The van der Waals surface area contributed by atoms with Crippen LogP contribution in [0.15, 0.2) is 38.5 Å². The number of nitrogens with zero attached hydrogens (tertiary/aromatic N) is 2. The minimum atomic E-state index is -3.40. The second-order valence-corrected chi connectivity index (χ2v) is 9.06. The second kappa shape index (κ2) is 4.73. The molecule has 0 bridgehead atoms. The first-order valence-electron chi connectivity index (χ1n) is 5.92. The number of aromatic nitrogens is 1. The highest BCUT2D eigenvalue weighted by molar-refractivity contribution is 9.11. The Kier molecular flexibility index (Phi) is 3.33. The van der Waals surface area contributed by atoms with Crippen LogP contribution < -0.4 is 0 Å². The Labute approximate surface area is 124 Å². The maximum Gasteiger partial charge on any atom is 0.253 e. The van der Waals surface area contributed by atoms with Gasteiger partial charge in [0.25, 0.3) is 10.0 Å². The lowest BCUT2D eigenvalue weighted by atomic mass is 10.2. The largest absolute Gasteiger partial charge is 0.349 e. The number of sulfonamides is 1. The van der Waals surface area contributed by atoms with E-state index in [0.29, 0.717) is 17.3 Å². The summed E-state index contributed by atoms with van der Waals surface area (Å²) >= 11 is 4.57. The van der Waals surface area contributed by atoms with Crippen LogP contribution in [0.1, 0.15) is 18.7 Å². The van der Waals surface area contributed by atoms with Crippen molar-refractivity contribution in [1.29, 1.82) is 0 Å². The third-order valence-electron chi connectivity index (χ3n) is 3.40. The predicted molar refractivity (Wildman–Crippen MR) is 78.8 cm³/mol. The standard InChI is InChI=1S/C12H13BrN2O2S2/c1-9-10-3-2-6-14(10)7-8-15(9)19(16,17)12-5-4-11(13)18-12/h2-6,9H,7-8H2,1H3/t9-/m1/s1. The van der Waals surface area contributed by atoms with Crippen molar-refractivity contribution in [2.75, 3.05) is 6.54 Å². The van der Waals surface area contributed by atoms with Gasteiger partial charge in [0.15, 0.2) is 0 Å². The fourth-order valence-corrected chi connectivity index (χ4v) is 6.17. The highest BCUT2D eigenvalue weighted by Gasteiger charge is 2.34. The number of thiophene rings is 1. The maximum absolute atomic E-state index is 12.6. The van der Waals surface area contributed by atoms with Crippen molar-refractivity contribution in [3.8, 4) is 0 Å².